The van der Waals surface area contributed by atoms with Crippen molar-refractivity contribution in [1.29, 1.82) is 0 Å². The minimum absolute atomic E-state index is 0.115. The first-order valence-electron chi connectivity index (χ1n) is 14.5. The Bertz CT molecular complexity index is 2280. The number of aliphatic hydroxyl groups is 1. The number of nitrogens with zero attached hydrogens (tertiary/aromatic N) is 2. The van der Waals surface area contributed by atoms with Crippen molar-refractivity contribution in [2.75, 3.05) is 0 Å². The Hall–Kier alpha value is -5.17. The molecule has 12 heteroatoms. The average molecular weight is 689 g/mol. The Labute approximate surface area is 277 Å². The van der Waals surface area contributed by atoms with Crippen LogP contribution in [0.15, 0.2) is 131 Å². The topological polar surface area (TPSA) is 115 Å². The van der Waals surface area contributed by atoms with Crippen LogP contribution < -0.4 is 0 Å². The van der Waals surface area contributed by atoms with E-state index in [0.29, 0.717) is 45.8 Å². The summed E-state index contributed by atoms with van der Waals surface area (Å²) in [6.07, 6.45) is 0.610. The predicted octanol–water partition coefficient (Wildman–Crippen LogP) is 6.98. The highest BCUT2D eigenvalue weighted by Gasteiger charge is 2.26. The molecule has 8 nitrogen and oxygen atoms in total. The highest BCUT2D eigenvalue weighted by atomic mass is 32.2. The first-order valence-corrected chi connectivity index (χ1v) is 17.4. The maximum absolute atomic E-state index is 13.2. The van der Waals surface area contributed by atoms with Crippen LogP contribution in [0.2, 0.25) is 0 Å². The van der Waals surface area contributed by atoms with Crippen molar-refractivity contribution in [1.82, 2.24) is 7.94 Å². The van der Waals surface area contributed by atoms with E-state index in [1.807, 2.05) is 0 Å². The Kier molecular flexibility index (Phi) is 9.90. The smallest absolute Gasteiger partial charge is 0.268 e. The normalized spacial score (nSPS) is 11.5. The Balaban J connectivity index is 0.000000188. The van der Waals surface area contributed by atoms with Crippen molar-refractivity contribution >= 4 is 26.3 Å². The number of hydrogen-bond acceptors (Lipinski definition) is 6. The van der Waals surface area contributed by atoms with Gasteiger partial charge in [-0.25, -0.2) is 33.6 Å². The van der Waals surface area contributed by atoms with E-state index in [0.717, 1.165) is 3.97 Å². The fourth-order valence-corrected chi connectivity index (χ4v) is 8.39. The monoisotopic (exact) mass is 688 g/mol. The lowest BCUT2D eigenvalue weighted by atomic mass is 10.1. The molecule has 2 aromatic heterocycles. The van der Waals surface area contributed by atoms with Crippen LogP contribution in [0.1, 0.15) is 27.3 Å². The molecule has 6 rings (SSSR count). The molecule has 0 amide bonds. The first kappa shape index (κ1) is 34.2. The van der Waals surface area contributed by atoms with Gasteiger partial charge >= 0.3 is 0 Å². The van der Waals surface area contributed by atoms with Crippen molar-refractivity contribution in [2.45, 2.75) is 30.2 Å². The Morgan fingerprint density at radius 1 is 0.604 bits per heavy atom. The third kappa shape index (κ3) is 6.63. The molecular weight excluding hydrogens is 659 g/mol. The fraction of sp³-hybridized carbons (Fsp3) is 0.0833. The number of carbonyl (C=O) groups is 1. The van der Waals surface area contributed by atoms with E-state index in [-0.39, 0.29) is 22.0 Å². The van der Waals surface area contributed by atoms with Gasteiger partial charge in [-0.1, -0.05) is 36.4 Å². The number of aliphatic hydroxyl groups excluding tert-OH is 1. The van der Waals surface area contributed by atoms with Crippen LogP contribution in [-0.2, 0) is 26.7 Å². The zero-order valence-electron chi connectivity index (χ0n) is 25.8. The molecule has 48 heavy (non-hydrogen) atoms. The molecule has 2 heterocycles. The molecule has 0 saturated carbocycles. The average Bonchev–Trinajstić information content (AvgIpc) is 3.63. The van der Waals surface area contributed by atoms with Crippen LogP contribution in [0.3, 0.4) is 0 Å². The maximum Gasteiger partial charge on any atom is 0.268 e. The van der Waals surface area contributed by atoms with Crippen LogP contribution >= 0.6 is 0 Å². The lowest BCUT2D eigenvalue weighted by Gasteiger charge is -2.13. The molecule has 0 bridgehead atoms. The molecule has 0 saturated heterocycles. The van der Waals surface area contributed by atoms with Gasteiger partial charge in [0.15, 0.2) is 6.29 Å². The number of benzene rings is 4. The number of rotatable bonds is 8. The zero-order valence-corrected chi connectivity index (χ0v) is 27.4. The highest BCUT2D eigenvalue weighted by molar-refractivity contribution is 7.90. The van der Waals surface area contributed by atoms with Crippen LogP contribution in [0.25, 0.3) is 22.5 Å². The summed E-state index contributed by atoms with van der Waals surface area (Å²) in [6, 6.07) is 30.2. The molecule has 0 radical (unpaired) electrons. The minimum atomic E-state index is -3.88. The molecule has 0 atom stereocenters. The van der Waals surface area contributed by atoms with Crippen molar-refractivity contribution < 1.29 is 35.5 Å². The SMILES string of the molecule is Cc1c(C=O)cc(-c2ccc(F)cc2)n1S(=O)(=O)c1ccccc1.Cc1c(CO)cc(-c2ccc(F)cc2)n1S(=O)(=O)c1ccccc1. The second-order valence-corrected chi connectivity index (χ2v) is 14.2. The summed E-state index contributed by atoms with van der Waals surface area (Å²) in [7, 11) is -7.72. The third-order valence-electron chi connectivity index (χ3n) is 7.67. The first-order chi connectivity index (χ1) is 22.9. The quantitative estimate of drug-likeness (QED) is 0.173. The van der Waals surface area contributed by atoms with E-state index in [1.54, 1.807) is 56.3 Å². The molecule has 0 spiro atoms. The van der Waals surface area contributed by atoms with Crippen LogP contribution in [0.4, 0.5) is 8.78 Å². The summed E-state index contributed by atoms with van der Waals surface area (Å²) in [6.45, 7) is 2.92. The Morgan fingerprint density at radius 2 is 1.00 bits per heavy atom. The molecule has 0 aliphatic carbocycles. The van der Waals surface area contributed by atoms with E-state index in [4.69, 9.17) is 0 Å². The summed E-state index contributed by atoms with van der Waals surface area (Å²) < 4.78 is 80.8. The van der Waals surface area contributed by atoms with Gasteiger partial charge in [0.2, 0.25) is 0 Å². The third-order valence-corrected chi connectivity index (χ3v) is 11.3. The molecule has 0 aliphatic heterocycles. The van der Waals surface area contributed by atoms with Gasteiger partial charge in [0.05, 0.1) is 27.8 Å². The van der Waals surface area contributed by atoms with E-state index in [9.17, 15) is 35.5 Å². The van der Waals surface area contributed by atoms with E-state index < -0.39 is 31.7 Å². The number of carbonyl (C=O) groups excluding carboxylic acids is 1. The van der Waals surface area contributed by atoms with Gasteiger partial charge < -0.3 is 5.11 Å². The maximum atomic E-state index is 13.2. The molecular formula is C36H30F2N2O6S2. The summed E-state index contributed by atoms with van der Waals surface area (Å²) in [5, 5.41) is 9.52. The largest absolute Gasteiger partial charge is 0.392 e. The summed E-state index contributed by atoms with van der Waals surface area (Å²) >= 11 is 0. The van der Waals surface area contributed by atoms with E-state index in [2.05, 4.69) is 0 Å². The molecule has 0 unspecified atom stereocenters. The number of halogens is 2. The van der Waals surface area contributed by atoms with Gasteiger partial charge in [-0.2, -0.15) is 0 Å². The summed E-state index contributed by atoms with van der Waals surface area (Å²) in [5.74, 6) is -0.822. The van der Waals surface area contributed by atoms with Crippen molar-refractivity contribution in [3.63, 3.8) is 0 Å². The van der Waals surface area contributed by atoms with Crippen molar-refractivity contribution in [3.8, 4) is 22.5 Å². The molecule has 0 aliphatic rings. The van der Waals surface area contributed by atoms with Crippen LogP contribution in [0.5, 0.6) is 0 Å². The molecule has 1 N–H and O–H groups in total. The molecule has 4 aromatic carbocycles. The zero-order chi connectivity index (χ0) is 34.6. The van der Waals surface area contributed by atoms with E-state index >= 15 is 0 Å². The van der Waals surface area contributed by atoms with Crippen molar-refractivity contribution in [3.05, 3.63) is 155 Å². The highest BCUT2D eigenvalue weighted by Crippen LogP contribution is 2.31. The van der Waals surface area contributed by atoms with Crippen LogP contribution in [0, 0.1) is 25.5 Å². The van der Waals surface area contributed by atoms with Gasteiger partial charge in [0.1, 0.15) is 11.6 Å². The summed E-state index contributed by atoms with van der Waals surface area (Å²) in [4.78, 5) is 11.5. The second kappa shape index (κ2) is 13.9. The summed E-state index contributed by atoms with van der Waals surface area (Å²) in [5.41, 5.74) is 3.29. The molecule has 6 aromatic rings. The number of hydrogen-bond donors (Lipinski definition) is 1. The predicted molar refractivity (Wildman–Crippen MR) is 178 cm³/mol. The van der Waals surface area contributed by atoms with Crippen molar-refractivity contribution in [2.24, 2.45) is 0 Å². The van der Waals surface area contributed by atoms with Gasteiger partial charge in [0, 0.05) is 17.0 Å². The second-order valence-electron chi connectivity index (χ2n) is 10.7. The van der Waals surface area contributed by atoms with E-state index in [1.165, 1.54) is 82.8 Å². The van der Waals surface area contributed by atoms with Crippen LogP contribution in [-0.4, -0.2) is 36.2 Å². The van der Waals surface area contributed by atoms with Gasteiger partial charge in [-0.05, 0) is 115 Å². The fourth-order valence-electron chi connectivity index (χ4n) is 5.18. The Morgan fingerprint density at radius 3 is 1.40 bits per heavy atom. The van der Waals surface area contributed by atoms with Gasteiger partial charge in [-0.3, -0.25) is 4.79 Å². The molecule has 0 fully saturated rings. The lowest BCUT2D eigenvalue weighted by molar-refractivity contribution is 0.112. The lowest BCUT2D eigenvalue weighted by Crippen LogP contribution is -2.16. The number of aromatic nitrogens is 2. The standard InChI is InChI=1S/C18H16FNO3S.C18H14FNO3S/c2*1-13-15(12-21)11-18(14-7-9-16(19)10-8-14)20(13)24(22,23)17-5-3-2-4-6-17/h2-11,21H,12H2,1H3;2-12H,1H3. The number of aldehydes is 1. The molecule has 246 valence electrons. The van der Waals surface area contributed by atoms with Gasteiger partial charge in [-0.15, -0.1) is 0 Å². The van der Waals surface area contributed by atoms with Gasteiger partial charge in [0.25, 0.3) is 20.0 Å². The minimum Gasteiger partial charge on any atom is -0.392 e.